The Labute approximate surface area is 212 Å². The Morgan fingerprint density at radius 1 is 0.778 bits per heavy atom. The average molecular weight is 481 g/mol. The lowest BCUT2D eigenvalue weighted by molar-refractivity contribution is -0.0698. The number of hydrogen-bond acceptors (Lipinski definition) is 4. The lowest BCUT2D eigenvalue weighted by Crippen LogP contribution is -2.45. The molecule has 0 radical (unpaired) electrons. The maximum absolute atomic E-state index is 13.1. The fraction of sp³-hybridized carbons (Fsp3) is 0.375. The molecule has 0 saturated heterocycles. The van der Waals surface area contributed by atoms with Crippen LogP contribution >= 0.6 is 0 Å². The summed E-state index contributed by atoms with van der Waals surface area (Å²) in [5.41, 5.74) is 5.29. The zero-order valence-electron chi connectivity index (χ0n) is 20.6. The molecular weight excluding hydrogens is 448 g/mol. The van der Waals surface area contributed by atoms with Gasteiger partial charge in [-0.3, -0.25) is 0 Å². The van der Waals surface area contributed by atoms with Crippen molar-refractivity contribution < 1.29 is 19.1 Å². The quantitative estimate of drug-likeness (QED) is 0.368. The van der Waals surface area contributed by atoms with Crippen LogP contribution in [0.5, 0.6) is 0 Å². The SMILES string of the molecule is CCCCc1ccc2c(c1)CC1C3CC(C(OC(=O)c4ccccc4)C3OC(=O)c3ccccc3)C21. The second-order valence-corrected chi connectivity index (χ2v) is 10.6. The molecule has 6 rings (SSSR count). The van der Waals surface area contributed by atoms with Crippen LogP contribution in [0.2, 0.25) is 0 Å². The Balaban J connectivity index is 1.29. The maximum atomic E-state index is 13.1. The van der Waals surface area contributed by atoms with Crippen molar-refractivity contribution in [1.29, 1.82) is 0 Å². The molecule has 2 bridgehead atoms. The van der Waals surface area contributed by atoms with Crippen molar-refractivity contribution in [2.75, 3.05) is 0 Å². The molecule has 36 heavy (non-hydrogen) atoms. The zero-order chi connectivity index (χ0) is 24.6. The summed E-state index contributed by atoms with van der Waals surface area (Å²) in [6, 6.07) is 25.2. The van der Waals surface area contributed by atoms with E-state index in [-0.39, 0.29) is 23.8 Å². The highest BCUT2D eigenvalue weighted by atomic mass is 16.6. The molecule has 0 amide bonds. The summed E-state index contributed by atoms with van der Waals surface area (Å²) in [7, 11) is 0. The van der Waals surface area contributed by atoms with Gasteiger partial charge in [-0.05, 0) is 78.5 Å². The molecule has 3 aromatic rings. The molecule has 184 valence electrons. The van der Waals surface area contributed by atoms with Crippen molar-refractivity contribution in [1.82, 2.24) is 0 Å². The second-order valence-electron chi connectivity index (χ2n) is 10.6. The van der Waals surface area contributed by atoms with E-state index in [2.05, 4.69) is 25.1 Å². The van der Waals surface area contributed by atoms with E-state index in [1.54, 1.807) is 24.3 Å². The summed E-state index contributed by atoms with van der Waals surface area (Å²) in [4.78, 5) is 26.2. The van der Waals surface area contributed by atoms with Gasteiger partial charge < -0.3 is 9.47 Å². The third-order valence-corrected chi connectivity index (χ3v) is 8.53. The lowest BCUT2D eigenvalue weighted by atomic mass is 9.76. The standard InChI is InChI=1S/C32H32O4/c1-2-3-10-20-15-16-24-23(17-20)18-25-26-19-27(28(24)25)30(36-32(34)22-13-8-5-9-14-22)29(26)35-31(33)21-11-6-4-7-12-21/h4-9,11-17,25-30H,2-3,10,18-19H2,1H3. The topological polar surface area (TPSA) is 52.6 Å². The van der Waals surface area contributed by atoms with E-state index < -0.39 is 12.2 Å². The van der Waals surface area contributed by atoms with Gasteiger partial charge in [0.1, 0.15) is 12.2 Å². The van der Waals surface area contributed by atoms with Crippen molar-refractivity contribution in [2.24, 2.45) is 17.8 Å². The van der Waals surface area contributed by atoms with E-state index in [0.717, 1.165) is 19.3 Å². The van der Waals surface area contributed by atoms with Crippen molar-refractivity contribution in [3.63, 3.8) is 0 Å². The van der Waals surface area contributed by atoms with Crippen molar-refractivity contribution in [2.45, 2.75) is 57.2 Å². The number of esters is 2. The summed E-state index contributed by atoms with van der Waals surface area (Å²) >= 11 is 0. The fourth-order valence-electron chi connectivity index (χ4n) is 6.95. The first-order chi connectivity index (χ1) is 17.6. The molecule has 0 N–H and O–H groups in total. The summed E-state index contributed by atoms with van der Waals surface area (Å²) in [5.74, 6) is 0.426. The van der Waals surface area contributed by atoms with E-state index >= 15 is 0 Å². The van der Waals surface area contributed by atoms with Crippen LogP contribution < -0.4 is 0 Å². The van der Waals surface area contributed by atoms with E-state index in [1.165, 1.54) is 29.5 Å². The van der Waals surface area contributed by atoms with E-state index in [1.807, 2.05) is 36.4 Å². The zero-order valence-corrected chi connectivity index (χ0v) is 20.6. The summed E-state index contributed by atoms with van der Waals surface area (Å²) in [5, 5.41) is 0. The van der Waals surface area contributed by atoms with Gasteiger partial charge in [0.15, 0.2) is 0 Å². The normalized spacial score (nSPS) is 27.4. The Kier molecular flexibility index (Phi) is 6.12. The third-order valence-electron chi connectivity index (χ3n) is 8.53. The third kappa shape index (κ3) is 4.03. The predicted octanol–water partition coefficient (Wildman–Crippen LogP) is 6.39. The second kappa shape index (κ2) is 9.57. The first-order valence-corrected chi connectivity index (χ1v) is 13.3. The summed E-state index contributed by atoms with van der Waals surface area (Å²) < 4.78 is 12.3. The van der Waals surface area contributed by atoms with Crippen molar-refractivity contribution in [3.8, 4) is 0 Å². The number of hydrogen-bond donors (Lipinski definition) is 0. The van der Waals surface area contributed by atoms with Crippen LogP contribution in [0, 0.1) is 17.8 Å². The highest BCUT2D eigenvalue weighted by Gasteiger charge is 2.63. The maximum Gasteiger partial charge on any atom is 0.338 e. The van der Waals surface area contributed by atoms with Crippen LogP contribution in [-0.2, 0) is 22.3 Å². The van der Waals surface area contributed by atoms with E-state index in [9.17, 15) is 9.59 Å². The van der Waals surface area contributed by atoms with Crippen LogP contribution in [0.25, 0.3) is 0 Å². The summed E-state index contributed by atoms with van der Waals surface area (Å²) in [6.07, 6.45) is 4.57. The number of carbonyl (C=O) groups excluding carboxylic acids is 2. The Morgan fingerprint density at radius 3 is 2.00 bits per heavy atom. The molecule has 0 spiro atoms. The van der Waals surface area contributed by atoms with E-state index in [0.29, 0.717) is 23.0 Å². The van der Waals surface area contributed by atoms with Gasteiger partial charge in [0.25, 0.3) is 0 Å². The predicted molar refractivity (Wildman–Crippen MR) is 138 cm³/mol. The van der Waals surface area contributed by atoms with Gasteiger partial charge in [-0.2, -0.15) is 0 Å². The molecule has 0 aliphatic heterocycles. The number of rotatable bonds is 7. The monoisotopic (exact) mass is 480 g/mol. The molecule has 3 aliphatic carbocycles. The molecule has 6 unspecified atom stereocenters. The minimum atomic E-state index is -0.442. The van der Waals surface area contributed by atoms with Crippen LogP contribution in [0.3, 0.4) is 0 Å². The number of carbonyl (C=O) groups is 2. The molecule has 4 heteroatoms. The first kappa shape index (κ1) is 23.0. The molecule has 2 saturated carbocycles. The highest BCUT2D eigenvalue weighted by Crippen LogP contribution is 2.63. The van der Waals surface area contributed by atoms with Gasteiger partial charge in [0.2, 0.25) is 0 Å². The fourth-order valence-corrected chi connectivity index (χ4v) is 6.95. The van der Waals surface area contributed by atoms with Gasteiger partial charge in [-0.25, -0.2) is 9.59 Å². The number of benzene rings is 3. The van der Waals surface area contributed by atoms with Crippen molar-refractivity contribution in [3.05, 3.63) is 107 Å². The molecule has 2 fully saturated rings. The van der Waals surface area contributed by atoms with Crippen LogP contribution in [0.4, 0.5) is 0 Å². The van der Waals surface area contributed by atoms with Gasteiger partial charge in [-0.1, -0.05) is 67.9 Å². The lowest BCUT2D eigenvalue weighted by Gasteiger charge is -2.37. The minimum absolute atomic E-state index is 0.156. The molecule has 4 nitrogen and oxygen atoms in total. The molecular formula is C32H32O4. The number of unbranched alkanes of at least 4 members (excludes halogenated alkanes) is 1. The summed E-state index contributed by atoms with van der Waals surface area (Å²) in [6.45, 7) is 2.23. The molecule has 0 aromatic heterocycles. The number of fused-ring (bicyclic) bond motifs is 7. The van der Waals surface area contributed by atoms with Gasteiger partial charge >= 0.3 is 11.9 Å². The van der Waals surface area contributed by atoms with Crippen LogP contribution in [0.1, 0.15) is 69.5 Å². The smallest absolute Gasteiger partial charge is 0.338 e. The average Bonchev–Trinajstić information content (AvgIpc) is 3.57. The number of aryl methyl sites for hydroxylation is 1. The van der Waals surface area contributed by atoms with E-state index in [4.69, 9.17) is 9.47 Å². The van der Waals surface area contributed by atoms with Crippen LogP contribution in [0.15, 0.2) is 78.9 Å². The largest absolute Gasteiger partial charge is 0.455 e. The minimum Gasteiger partial charge on any atom is -0.455 e. The highest BCUT2D eigenvalue weighted by molar-refractivity contribution is 5.90. The molecule has 6 atom stereocenters. The first-order valence-electron chi connectivity index (χ1n) is 13.3. The van der Waals surface area contributed by atoms with Gasteiger partial charge in [0, 0.05) is 11.8 Å². The van der Waals surface area contributed by atoms with Crippen LogP contribution in [-0.4, -0.2) is 24.1 Å². The van der Waals surface area contributed by atoms with Crippen molar-refractivity contribution >= 4 is 11.9 Å². The number of ether oxygens (including phenoxy) is 2. The van der Waals surface area contributed by atoms with Gasteiger partial charge in [-0.15, -0.1) is 0 Å². The molecule has 3 aliphatic rings. The Morgan fingerprint density at radius 2 is 1.39 bits per heavy atom. The Bertz CT molecular complexity index is 1250. The molecule has 3 aromatic carbocycles. The molecule has 0 heterocycles. The van der Waals surface area contributed by atoms with Gasteiger partial charge in [0.05, 0.1) is 11.1 Å². The Hall–Kier alpha value is -3.40.